The van der Waals surface area contributed by atoms with E-state index in [9.17, 15) is 14.3 Å². The molecule has 39 heavy (non-hydrogen) atoms. The highest BCUT2D eigenvalue weighted by atomic mass is 19.1. The number of likely N-dealkylation sites (tertiary alicyclic amines) is 1. The molecular weight excluding hydrogens is 497 g/mol. The summed E-state index contributed by atoms with van der Waals surface area (Å²) in [5.74, 6) is 0.747. The summed E-state index contributed by atoms with van der Waals surface area (Å²) in [4.78, 5) is 15.2. The number of halogens is 1. The molecule has 8 heteroatoms. The van der Waals surface area contributed by atoms with Gasteiger partial charge in [-0.3, -0.25) is 0 Å². The van der Waals surface area contributed by atoms with E-state index in [0.717, 1.165) is 32.1 Å². The molecule has 0 saturated carbocycles. The minimum Gasteiger partial charge on any atom is -0.457 e. The van der Waals surface area contributed by atoms with Crippen LogP contribution in [0.15, 0.2) is 48.5 Å². The van der Waals surface area contributed by atoms with Crippen molar-refractivity contribution in [2.75, 3.05) is 40.4 Å². The number of nitrogens with one attached hydrogen (secondary N) is 2. The maximum atomic E-state index is 13.9. The molecule has 1 aliphatic heterocycles. The molecule has 2 amide bonds. The van der Waals surface area contributed by atoms with Gasteiger partial charge in [-0.1, -0.05) is 38.1 Å². The number of urea groups is 1. The SMILES string of the molecule is CNCC(CC(C)C)NC(=O)N1CCCC(C(O)(CCCCOC)c2ccccc2Oc2cccc(F)c2)C1. The Labute approximate surface area is 233 Å². The average Bonchev–Trinajstić information content (AvgIpc) is 2.91. The predicted octanol–water partition coefficient (Wildman–Crippen LogP) is 5.68. The van der Waals surface area contributed by atoms with E-state index in [0.29, 0.717) is 55.6 Å². The van der Waals surface area contributed by atoms with Crippen LogP contribution in [-0.2, 0) is 10.3 Å². The number of hydrogen-bond donors (Lipinski definition) is 3. The van der Waals surface area contributed by atoms with E-state index in [-0.39, 0.29) is 23.8 Å². The van der Waals surface area contributed by atoms with Gasteiger partial charge >= 0.3 is 6.03 Å². The Bertz CT molecular complexity index is 1040. The van der Waals surface area contributed by atoms with E-state index in [1.165, 1.54) is 12.1 Å². The lowest BCUT2D eigenvalue weighted by Gasteiger charge is -2.43. The Morgan fingerprint density at radius 2 is 2.00 bits per heavy atom. The van der Waals surface area contributed by atoms with Gasteiger partial charge in [0.25, 0.3) is 0 Å². The second kappa shape index (κ2) is 15.2. The molecule has 0 spiro atoms. The van der Waals surface area contributed by atoms with Gasteiger partial charge in [-0.25, -0.2) is 9.18 Å². The number of benzene rings is 2. The summed E-state index contributed by atoms with van der Waals surface area (Å²) in [5.41, 5.74) is -0.578. The van der Waals surface area contributed by atoms with Crippen molar-refractivity contribution >= 4 is 6.03 Å². The molecular formula is C31H46FN3O4. The maximum absolute atomic E-state index is 13.9. The second-order valence-electron chi connectivity index (χ2n) is 11.0. The van der Waals surface area contributed by atoms with Crippen LogP contribution in [0.2, 0.25) is 0 Å². The van der Waals surface area contributed by atoms with E-state index in [1.807, 2.05) is 36.2 Å². The smallest absolute Gasteiger partial charge is 0.317 e. The van der Waals surface area contributed by atoms with Gasteiger partial charge in [0.15, 0.2) is 0 Å². The normalized spacial score (nSPS) is 18.0. The maximum Gasteiger partial charge on any atom is 0.317 e. The molecule has 216 valence electrons. The molecule has 0 radical (unpaired) electrons. The van der Waals surface area contributed by atoms with Crippen molar-refractivity contribution in [3.63, 3.8) is 0 Å². The number of ether oxygens (including phenoxy) is 2. The third-order valence-corrected chi connectivity index (χ3v) is 7.45. The molecule has 0 aromatic heterocycles. The van der Waals surface area contributed by atoms with Gasteiger partial charge in [-0.05, 0) is 69.7 Å². The zero-order chi connectivity index (χ0) is 28.3. The highest BCUT2D eigenvalue weighted by Crippen LogP contribution is 2.44. The highest BCUT2D eigenvalue weighted by Gasteiger charge is 2.43. The number of para-hydroxylation sites is 1. The first-order valence-corrected chi connectivity index (χ1v) is 14.2. The number of carbonyl (C=O) groups excluding carboxylic acids is 1. The lowest BCUT2D eigenvalue weighted by molar-refractivity contribution is -0.0575. The molecule has 0 aliphatic carbocycles. The van der Waals surface area contributed by atoms with Crippen LogP contribution in [-0.4, -0.2) is 62.5 Å². The first-order chi connectivity index (χ1) is 18.8. The molecule has 1 heterocycles. The predicted molar refractivity (Wildman–Crippen MR) is 153 cm³/mol. The lowest BCUT2D eigenvalue weighted by atomic mass is 9.73. The molecule has 1 aliphatic rings. The number of nitrogens with zero attached hydrogens (tertiary/aromatic N) is 1. The van der Waals surface area contributed by atoms with E-state index in [1.54, 1.807) is 19.2 Å². The lowest BCUT2D eigenvalue weighted by Crippen LogP contribution is -2.54. The van der Waals surface area contributed by atoms with Crippen LogP contribution >= 0.6 is 0 Å². The van der Waals surface area contributed by atoms with Crippen molar-refractivity contribution in [2.24, 2.45) is 11.8 Å². The number of carbonyl (C=O) groups is 1. The fourth-order valence-corrected chi connectivity index (χ4v) is 5.60. The van der Waals surface area contributed by atoms with Crippen LogP contribution in [0.25, 0.3) is 0 Å². The highest BCUT2D eigenvalue weighted by molar-refractivity contribution is 5.74. The molecule has 3 atom stereocenters. The summed E-state index contributed by atoms with van der Waals surface area (Å²) < 4.78 is 25.2. The monoisotopic (exact) mass is 543 g/mol. The fourth-order valence-electron chi connectivity index (χ4n) is 5.60. The van der Waals surface area contributed by atoms with Gasteiger partial charge in [0.05, 0.1) is 5.60 Å². The second-order valence-corrected chi connectivity index (χ2v) is 11.0. The van der Waals surface area contributed by atoms with Crippen LogP contribution in [0, 0.1) is 17.7 Å². The molecule has 3 N–H and O–H groups in total. The van der Waals surface area contributed by atoms with Crippen molar-refractivity contribution < 1.29 is 23.8 Å². The van der Waals surface area contributed by atoms with Crippen LogP contribution in [0.4, 0.5) is 9.18 Å². The number of unbranched alkanes of at least 4 members (excludes halogenated alkanes) is 1. The number of rotatable bonds is 14. The van der Waals surface area contributed by atoms with E-state index < -0.39 is 5.60 Å². The molecule has 3 unspecified atom stereocenters. The first-order valence-electron chi connectivity index (χ1n) is 14.2. The molecule has 2 aromatic carbocycles. The number of amides is 2. The van der Waals surface area contributed by atoms with Gasteiger partial charge in [-0.2, -0.15) is 0 Å². The Balaban J connectivity index is 1.86. The summed E-state index contributed by atoms with van der Waals surface area (Å²) in [6.45, 7) is 6.71. The number of piperidine rings is 1. The Hall–Kier alpha value is -2.68. The third kappa shape index (κ3) is 8.92. The molecule has 2 aromatic rings. The molecule has 1 fully saturated rings. The summed E-state index contributed by atoms with van der Waals surface area (Å²) in [5, 5.41) is 18.8. The summed E-state index contributed by atoms with van der Waals surface area (Å²) >= 11 is 0. The molecule has 0 bridgehead atoms. The average molecular weight is 544 g/mol. The van der Waals surface area contributed by atoms with Crippen molar-refractivity contribution in [3.05, 3.63) is 59.9 Å². The van der Waals surface area contributed by atoms with Gasteiger partial charge in [-0.15, -0.1) is 0 Å². The van der Waals surface area contributed by atoms with Crippen molar-refractivity contribution in [3.8, 4) is 11.5 Å². The minimum absolute atomic E-state index is 0.0381. The largest absolute Gasteiger partial charge is 0.457 e. The van der Waals surface area contributed by atoms with E-state index >= 15 is 0 Å². The molecule has 7 nitrogen and oxygen atoms in total. The number of likely N-dealkylation sites (N-methyl/N-ethyl adjacent to an activating group) is 1. The zero-order valence-electron chi connectivity index (χ0n) is 23.9. The Kier molecular flexibility index (Phi) is 12.0. The van der Waals surface area contributed by atoms with E-state index in [4.69, 9.17) is 9.47 Å². The number of aliphatic hydroxyl groups is 1. The Morgan fingerprint density at radius 1 is 1.21 bits per heavy atom. The van der Waals surface area contributed by atoms with Gasteiger partial charge in [0.2, 0.25) is 0 Å². The minimum atomic E-state index is -1.24. The van der Waals surface area contributed by atoms with Crippen LogP contribution in [0.5, 0.6) is 11.5 Å². The van der Waals surface area contributed by atoms with Crippen LogP contribution in [0.3, 0.4) is 0 Å². The standard InChI is InChI=1S/C31H46FN3O4/c1-23(2)19-26(21-33-3)34-30(36)35-17-10-11-24(22-35)31(37,16-7-8-18-38-4)28-14-5-6-15-29(28)39-27-13-9-12-25(32)20-27/h5-6,9,12-15,20,23-24,26,33,37H,7-8,10-11,16-19,21-22H2,1-4H3,(H,34,36). The topological polar surface area (TPSA) is 83.1 Å². The van der Waals surface area contributed by atoms with Crippen molar-refractivity contribution in [2.45, 2.75) is 64.0 Å². The van der Waals surface area contributed by atoms with E-state index in [2.05, 4.69) is 24.5 Å². The number of methoxy groups -OCH3 is 1. The summed E-state index contributed by atoms with van der Waals surface area (Å²) in [6, 6.07) is 13.4. The molecule has 3 rings (SSSR count). The first kappa shape index (κ1) is 30.9. The van der Waals surface area contributed by atoms with Crippen LogP contribution in [0.1, 0.15) is 57.9 Å². The molecule has 1 saturated heterocycles. The fraction of sp³-hybridized carbons (Fsp3) is 0.581. The van der Waals surface area contributed by atoms with Gasteiger partial charge in [0, 0.05) is 56.9 Å². The Morgan fingerprint density at radius 3 is 2.72 bits per heavy atom. The van der Waals surface area contributed by atoms with Gasteiger partial charge < -0.3 is 30.1 Å². The van der Waals surface area contributed by atoms with Gasteiger partial charge in [0.1, 0.15) is 17.3 Å². The summed E-state index contributed by atoms with van der Waals surface area (Å²) in [6.07, 6.45) is 4.52. The number of hydrogen-bond acceptors (Lipinski definition) is 5. The van der Waals surface area contributed by atoms with Crippen molar-refractivity contribution in [1.29, 1.82) is 0 Å². The summed E-state index contributed by atoms with van der Waals surface area (Å²) in [7, 11) is 3.57. The quantitative estimate of drug-likeness (QED) is 0.267. The van der Waals surface area contributed by atoms with Crippen molar-refractivity contribution in [1.82, 2.24) is 15.5 Å². The zero-order valence-corrected chi connectivity index (χ0v) is 23.9. The van der Waals surface area contributed by atoms with Crippen LogP contribution < -0.4 is 15.4 Å². The third-order valence-electron chi connectivity index (χ3n) is 7.45.